The molecule has 0 fully saturated rings. The highest BCUT2D eigenvalue weighted by atomic mass is 28.3. The molecule has 2 nitrogen and oxygen atoms in total. The van der Waals surface area contributed by atoms with Crippen molar-refractivity contribution in [3.8, 4) is 5.75 Å². The summed E-state index contributed by atoms with van der Waals surface area (Å²) < 4.78 is 0. The minimum absolute atomic E-state index is 0.210. The second-order valence-corrected chi connectivity index (χ2v) is 10.7. The molecule has 0 aromatic heterocycles. The van der Waals surface area contributed by atoms with Gasteiger partial charge in [-0.25, -0.2) is 0 Å². The van der Waals surface area contributed by atoms with Crippen molar-refractivity contribution in [3.63, 3.8) is 0 Å². The zero-order chi connectivity index (χ0) is 13.6. The van der Waals surface area contributed by atoms with Crippen molar-refractivity contribution < 1.29 is 9.90 Å². The van der Waals surface area contributed by atoms with Crippen LogP contribution in [0.4, 0.5) is 0 Å². The van der Waals surface area contributed by atoms with E-state index in [9.17, 15) is 9.90 Å². The summed E-state index contributed by atoms with van der Waals surface area (Å²) >= 11 is 0. The number of hydrogen-bond donors (Lipinski definition) is 1. The first kappa shape index (κ1) is 15.0. The number of ketones is 1. The lowest BCUT2D eigenvalue weighted by molar-refractivity contribution is 0.0987. The van der Waals surface area contributed by atoms with Gasteiger partial charge in [0.2, 0.25) is 0 Å². The molecule has 0 bridgehead atoms. The fourth-order valence-electron chi connectivity index (χ4n) is 2.45. The lowest BCUT2D eigenvalue weighted by Gasteiger charge is -2.27. The third-order valence-electron chi connectivity index (χ3n) is 4.32. The number of benzene rings is 1. The molecular weight excluding hydrogens is 240 g/mol. The summed E-state index contributed by atoms with van der Waals surface area (Å²) in [7, 11) is -1.19. The van der Waals surface area contributed by atoms with E-state index in [1.807, 2.05) is 0 Å². The van der Waals surface area contributed by atoms with E-state index in [-0.39, 0.29) is 11.5 Å². The number of carbonyl (C=O) groups excluding carboxylic acids is 1. The molecule has 1 rings (SSSR count). The van der Waals surface area contributed by atoms with Gasteiger partial charge >= 0.3 is 0 Å². The Morgan fingerprint density at radius 1 is 1.06 bits per heavy atom. The van der Waals surface area contributed by atoms with Crippen LogP contribution in [0, 0.1) is 0 Å². The number of carbonyl (C=O) groups is 1. The van der Waals surface area contributed by atoms with Gasteiger partial charge in [-0.1, -0.05) is 38.9 Å². The van der Waals surface area contributed by atoms with Gasteiger partial charge in [0.15, 0.2) is 5.78 Å². The summed E-state index contributed by atoms with van der Waals surface area (Å²) in [6.07, 6.45) is 0.659. The van der Waals surface area contributed by atoms with E-state index in [1.165, 1.54) is 18.1 Å². The summed E-state index contributed by atoms with van der Waals surface area (Å²) in [5.41, 5.74) is 0.721. The van der Waals surface area contributed by atoms with Crippen LogP contribution in [0.5, 0.6) is 5.75 Å². The molecule has 0 amide bonds. The van der Waals surface area contributed by atoms with Gasteiger partial charge < -0.3 is 5.11 Å². The predicted molar refractivity (Wildman–Crippen MR) is 79.1 cm³/mol. The number of rotatable bonds is 7. The number of aromatic hydroxyl groups is 1. The van der Waals surface area contributed by atoms with Crippen molar-refractivity contribution in [1.29, 1.82) is 0 Å². The Bertz CT molecular complexity index is 372. The third kappa shape index (κ3) is 3.70. The summed E-state index contributed by atoms with van der Waals surface area (Å²) in [5, 5.41) is 9.21. The number of phenolic OH excluding ortho intramolecular Hbond substituents is 1. The van der Waals surface area contributed by atoms with E-state index in [4.69, 9.17) is 0 Å². The molecule has 1 aromatic carbocycles. The normalized spacial score (nSPS) is 11.5. The monoisotopic (exact) mass is 264 g/mol. The topological polar surface area (TPSA) is 37.3 Å². The summed E-state index contributed by atoms with van der Waals surface area (Å²) in [6.45, 7) is 6.80. The minimum atomic E-state index is -1.19. The molecule has 0 aliphatic carbocycles. The Balaban J connectivity index is 2.63. The Morgan fingerprint density at radius 2 is 1.56 bits per heavy atom. The van der Waals surface area contributed by atoms with Crippen molar-refractivity contribution >= 4 is 13.9 Å². The van der Waals surface area contributed by atoms with Gasteiger partial charge in [0.1, 0.15) is 5.75 Å². The van der Waals surface area contributed by atoms with Gasteiger partial charge in [0.05, 0.1) is 8.07 Å². The van der Waals surface area contributed by atoms with Crippen LogP contribution >= 0.6 is 0 Å². The summed E-state index contributed by atoms with van der Waals surface area (Å²) in [4.78, 5) is 12.1. The average molecular weight is 264 g/mol. The summed E-state index contributed by atoms with van der Waals surface area (Å²) in [5.74, 6) is 0.424. The van der Waals surface area contributed by atoms with Gasteiger partial charge in [-0.2, -0.15) is 0 Å². The van der Waals surface area contributed by atoms with Crippen LogP contribution in [0.15, 0.2) is 24.3 Å². The molecule has 100 valence electrons. The Labute approximate surface area is 111 Å². The fraction of sp³-hybridized carbons (Fsp3) is 0.533. The molecule has 0 atom stereocenters. The third-order valence-corrected chi connectivity index (χ3v) is 10.1. The largest absolute Gasteiger partial charge is 0.508 e. The molecule has 1 N–H and O–H groups in total. The number of Topliss-reactive ketones (excluding diaryl/α,β-unsaturated/α-hetero) is 1. The maximum Gasteiger partial charge on any atom is 0.162 e. The molecule has 18 heavy (non-hydrogen) atoms. The van der Waals surface area contributed by atoms with Gasteiger partial charge in [0, 0.05) is 12.0 Å². The van der Waals surface area contributed by atoms with Crippen LogP contribution in [-0.2, 0) is 0 Å². The predicted octanol–water partition coefficient (Wildman–Crippen LogP) is 4.47. The first-order valence-corrected chi connectivity index (χ1v) is 9.72. The Morgan fingerprint density at radius 3 is 2.00 bits per heavy atom. The van der Waals surface area contributed by atoms with Crippen molar-refractivity contribution in [2.45, 2.75) is 51.4 Å². The number of phenols is 1. The van der Waals surface area contributed by atoms with Gasteiger partial charge in [0.25, 0.3) is 0 Å². The van der Waals surface area contributed by atoms with E-state index in [2.05, 4.69) is 20.8 Å². The molecule has 0 spiro atoms. The van der Waals surface area contributed by atoms with Crippen LogP contribution in [0.25, 0.3) is 0 Å². The van der Waals surface area contributed by atoms with Crippen molar-refractivity contribution in [1.82, 2.24) is 0 Å². The summed E-state index contributed by atoms with van der Waals surface area (Å²) in [6, 6.07) is 11.5. The lowest BCUT2D eigenvalue weighted by Crippen LogP contribution is -2.31. The van der Waals surface area contributed by atoms with Gasteiger partial charge in [-0.05, 0) is 30.3 Å². The van der Waals surface area contributed by atoms with E-state index < -0.39 is 8.07 Å². The average Bonchev–Trinajstić information content (AvgIpc) is 2.41. The van der Waals surface area contributed by atoms with Crippen LogP contribution in [0.3, 0.4) is 0 Å². The Hall–Kier alpha value is -1.09. The van der Waals surface area contributed by atoms with Crippen LogP contribution in [0.2, 0.25) is 24.2 Å². The zero-order valence-corrected chi connectivity index (χ0v) is 12.7. The standard InChI is InChI=1S/C15H24O2Si/c1-4-18(5-2,6-3)12-11-15(17)13-7-9-14(16)10-8-13/h7-10,16H,4-6,11-12H2,1-3H3. The fourth-order valence-corrected chi connectivity index (χ4v) is 5.77. The quantitative estimate of drug-likeness (QED) is 0.582. The van der Waals surface area contributed by atoms with Gasteiger partial charge in [-0.15, -0.1) is 0 Å². The molecule has 0 aliphatic heterocycles. The molecule has 1 aromatic rings. The molecule has 0 radical (unpaired) electrons. The molecule has 0 saturated carbocycles. The van der Waals surface area contributed by atoms with Crippen LogP contribution in [-0.4, -0.2) is 19.0 Å². The minimum Gasteiger partial charge on any atom is -0.508 e. The van der Waals surface area contributed by atoms with E-state index in [1.54, 1.807) is 24.3 Å². The maximum absolute atomic E-state index is 12.1. The van der Waals surface area contributed by atoms with Crippen molar-refractivity contribution in [2.75, 3.05) is 0 Å². The molecule has 0 heterocycles. The maximum atomic E-state index is 12.1. The number of hydrogen-bond acceptors (Lipinski definition) is 2. The highest BCUT2D eigenvalue weighted by Crippen LogP contribution is 2.27. The molecule has 0 unspecified atom stereocenters. The van der Waals surface area contributed by atoms with Crippen molar-refractivity contribution in [2.24, 2.45) is 0 Å². The van der Waals surface area contributed by atoms with Crippen LogP contribution in [0.1, 0.15) is 37.6 Å². The first-order chi connectivity index (χ1) is 8.56. The first-order valence-electron chi connectivity index (χ1n) is 6.89. The SMILES string of the molecule is CC[Si](CC)(CC)CCC(=O)c1ccc(O)cc1. The molecule has 0 saturated heterocycles. The smallest absolute Gasteiger partial charge is 0.162 e. The second kappa shape index (κ2) is 6.74. The Kier molecular flexibility index (Phi) is 5.60. The van der Waals surface area contributed by atoms with E-state index >= 15 is 0 Å². The lowest BCUT2D eigenvalue weighted by atomic mass is 10.1. The highest BCUT2D eigenvalue weighted by molar-refractivity contribution is 6.79. The van der Waals surface area contributed by atoms with Gasteiger partial charge in [-0.3, -0.25) is 4.79 Å². The molecule has 0 aliphatic rings. The molecular formula is C15H24O2Si. The zero-order valence-electron chi connectivity index (χ0n) is 11.7. The second-order valence-electron chi connectivity index (χ2n) is 5.03. The van der Waals surface area contributed by atoms with E-state index in [0.717, 1.165) is 11.6 Å². The van der Waals surface area contributed by atoms with Crippen molar-refractivity contribution in [3.05, 3.63) is 29.8 Å². The van der Waals surface area contributed by atoms with Crippen LogP contribution < -0.4 is 0 Å². The highest BCUT2D eigenvalue weighted by Gasteiger charge is 2.27. The van der Waals surface area contributed by atoms with E-state index in [0.29, 0.717) is 6.42 Å². The molecule has 3 heteroatoms.